The molecule has 1 aromatic carbocycles. The minimum absolute atomic E-state index is 0.0369. The zero-order valence-electron chi connectivity index (χ0n) is 10.1. The summed E-state index contributed by atoms with van der Waals surface area (Å²) in [5, 5.41) is 10.8. The Bertz CT molecular complexity index is 640. The molecule has 0 saturated heterocycles. The third kappa shape index (κ3) is 2.57. The van der Waals surface area contributed by atoms with Crippen LogP contribution in [0.1, 0.15) is 10.4 Å². The SMILES string of the molecule is COC(=O)c1cnccc1-c1cccc([N+](=O)[O-])c1. The number of benzene rings is 1. The maximum absolute atomic E-state index is 11.6. The number of ether oxygens (including phenoxy) is 1. The number of methoxy groups -OCH3 is 1. The van der Waals surface area contributed by atoms with Crippen LogP contribution in [0.3, 0.4) is 0 Å². The topological polar surface area (TPSA) is 82.3 Å². The van der Waals surface area contributed by atoms with Crippen molar-refractivity contribution in [3.8, 4) is 11.1 Å². The highest BCUT2D eigenvalue weighted by molar-refractivity contribution is 5.96. The molecule has 0 amide bonds. The Morgan fingerprint density at radius 3 is 2.84 bits per heavy atom. The number of esters is 1. The molecule has 6 heteroatoms. The molecule has 1 heterocycles. The number of hydrogen-bond acceptors (Lipinski definition) is 5. The van der Waals surface area contributed by atoms with E-state index in [2.05, 4.69) is 9.72 Å². The number of nitro benzene ring substituents is 1. The van der Waals surface area contributed by atoms with Crippen molar-refractivity contribution in [3.63, 3.8) is 0 Å². The van der Waals surface area contributed by atoms with E-state index in [-0.39, 0.29) is 11.3 Å². The normalized spacial score (nSPS) is 9.95. The summed E-state index contributed by atoms with van der Waals surface area (Å²) >= 11 is 0. The van der Waals surface area contributed by atoms with Crippen molar-refractivity contribution in [1.82, 2.24) is 4.98 Å². The first-order valence-corrected chi connectivity index (χ1v) is 5.40. The van der Waals surface area contributed by atoms with Crippen LogP contribution in [0, 0.1) is 10.1 Å². The molecular formula is C13H10N2O4. The van der Waals surface area contributed by atoms with Crippen LogP contribution in [0.15, 0.2) is 42.7 Å². The Labute approximate surface area is 108 Å². The molecule has 96 valence electrons. The molecule has 0 fully saturated rings. The molecule has 2 aromatic rings. The van der Waals surface area contributed by atoms with Gasteiger partial charge >= 0.3 is 5.97 Å². The van der Waals surface area contributed by atoms with E-state index >= 15 is 0 Å². The summed E-state index contributed by atoms with van der Waals surface area (Å²) in [6.45, 7) is 0. The van der Waals surface area contributed by atoms with Crippen molar-refractivity contribution >= 4 is 11.7 Å². The van der Waals surface area contributed by atoms with Crippen LogP contribution >= 0.6 is 0 Å². The number of nitro groups is 1. The number of rotatable bonds is 3. The van der Waals surface area contributed by atoms with Crippen LogP contribution in [0.4, 0.5) is 5.69 Å². The van der Waals surface area contributed by atoms with Crippen molar-refractivity contribution in [3.05, 3.63) is 58.4 Å². The Morgan fingerprint density at radius 1 is 1.37 bits per heavy atom. The minimum atomic E-state index is -0.533. The van der Waals surface area contributed by atoms with Crippen molar-refractivity contribution in [2.24, 2.45) is 0 Å². The summed E-state index contributed by atoms with van der Waals surface area (Å²) in [5.74, 6) is -0.533. The summed E-state index contributed by atoms with van der Waals surface area (Å²) < 4.78 is 4.66. The van der Waals surface area contributed by atoms with Crippen LogP contribution in [0.5, 0.6) is 0 Å². The lowest BCUT2D eigenvalue weighted by Crippen LogP contribution is -2.04. The number of non-ortho nitro benzene ring substituents is 1. The quantitative estimate of drug-likeness (QED) is 0.479. The molecule has 6 nitrogen and oxygen atoms in total. The lowest BCUT2D eigenvalue weighted by Gasteiger charge is -2.07. The predicted octanol–water partition coefficient (Wildman–Crippen LogP) is 2.44. The van der Waals surface area contributed by atoms with E-state index in [4.69, 9.17) is 0 Å². The highest BCUT2D eigenvalue weighted by Crippen LogP contribution is 2.26. The number of carbonyl (C=O) groups is 1. The fraction of sp³-hybridized carbons (Fsp3) is 0.0769. The first-order chi connectivity index (χ1) is 9.13. The van der Waals surface area contributed by atoms with Gasteiger partial charge in [-0.15, -0.1) is 0 Å². The van der Waals surface area contributed by atoms with Gasteiger partial charge in [0.1, 0.15) is 0 Å². The number of carbonyl (C=O) groups excluding carboxylic acids is 1. The molecule has 0 radical (unpaired) electrons. The van der Waals surface area contributed by atoms with Gasteiger partial charge in [-0.2, -0.15) is 0 Å². The summed E-state index contributed by atoms with van der Waals surface area (Å²) in [6.07, 6.45) is 2.89. The van der Waals surface area contributed by atoms with E-state index in [0.717, 1.165) is 0 Å². The van der Waals surface area contributed by atoms with Crippen LogP contribution in [-0.2, 0) is 4.74 Å². The van der Waals surface area contributed by atoms with Gasteiger partial charge in [-0.1, -0.05) is 12.1 Å². The monoisotopic (exact) mass is 258 g/mol. The molecular weight excluding hydrogens is 248 g/mol. The van der Waals surface area contributed by atoms with E-state index in [1.54, 1.807) is 18.2 Å². The summed E-state index contributed by atoms with van der Waals surface area (Å²) in [6, 6.07) is 7.67. The smallest absolute Gasteiger partial charge is 0.340 e. The zero-order chi connectivity index (χ0) is 13.8. The van der Waals surface area contributed by atoms with Gasteiger partial charge in [0.05, 0.1) is 17.6 Å². The first-order valence-electron chi connectivity index (χ1n) is 5.40. The third-order valence-corrected chi connectivity index (χ3v) is 2.59. The fourth-order valence-electron chi connectivity index (χ4n) is 1.71. The van der Waals surface area contributed by atoms with E-state index < -0.39 is 10.9 Å². The van der Waals surface area contributed by atoms with Gasteiger partial charge in [-0.25, -0.2) is 4.79 Å². The Balaban J connectivity index is 2.56. The molecule has 0 aliphatic carbocycles. The molecule has 0 aliphatic rings. The number of pyridine rings is 1. The molecule has 0 unspecified atom stereocenters. The largest absolute Gasteiger partial charge is 0.465 e. The predicted molar refractivity (Wildman–Crippen MR) is 67.7 cm³/mol. The second-order valence-electron chi connectivity index (χ2n) is 3.72. The van der Waals surface area contributed by atoms with Gasteiger partial charge < -0.3 is 4.74 Å². The summed E-state index contributed by atoms with van der Waals surface area (Å²) in [7, 11) is 1.27. The van der Waals surface area contributed by atoms with Crippen LogP contribution in [0.25, 0.3) is 11.1 Å². The Kier molecular flexibility index (Phi) is 3.51. The van der Waals surface area contributed by atoms with Gasteiger partial charge in [-0.3, -0.25) is 15.1 Å². The standard InChI is InChI=1S/C13H10N2O4/c1-19-13(16)12-8-14-6-5-11(12)9-3-2-4-10(7-9)15(17)18/h2-8H,1H3. The average molecular weight is 258 g/mol. The van der Waals surface area contributed by atoms with Crippen molar-refractivity contribution in [1.29, 1.82) is 0 Å². The number of nitrogens with zero attached hydrogens (tertiary/aromatic N) is 2. The molecule has 0 atom stereocenters. The molecule has 2 rings (SSSR count). The molecule has 0 aliphatic heterocycles. The number of hydrogen-bond donors (Lipinski definition) is 0. The van der Waals surface area contributed by atoms with E-state index in [9.17, 15) is 14.9 Å². The van der Waals surface area contributed by atoms with Crippen LogP contribution < -0.4 is 0 Å². The molecule has 19 heavy (non-hydrogen) atoms. The van der Waals surface area contributed by atoms with E-state index in [0.29, 0.717) is 11.1 Å². The Morgan fingerprint density at radius 2 is 2.16 bits per heavy atom. The van der Waals surface area contributed by atoms with Crippen molar-refractivity contribution in [2.75, 3.05) is 7.11 Å². The molecule has 0 N–H and O–H groups in total. The lowest BCUT2D eigenvalue weighted by atomic mass is 10.0. The van der Waals surface area contributed by atoms with E-state index in [1.165, 1.54) is 31.6 Å². The second kappa shape index (κ2) is 5.26. The summed E-state index contributed by atoms with van der Waals surface area (Å²) in [4.78, 5) is 25.8. The van der Waals surface area contributed by atoms with Crippen LogP contribution in [-0.4, -0.2) is 23.0 Å². The Hall–Kier alpha value is -2.76. The van der Waals surface area contributed by atoms with Gasteiger partial charge in [0.25, 0.3) is 5.69 Å². The van der Waals surface area contributed by atoms with Gasteiger partial charge in [-0.05, 0) is 17.2 Å². The lowest BCUT2D eigenvalue weighted by molar-refractivity contribution is -0.384. The maximum Gasteiger partial charge on any atom is 0.340 e. The zero-order valence-corrected chi connectivity index (χ0v) is 10.1. The third-order valence-electron chi connectivity index (χ3n) is 2.59. The fourth-order valence-corrected chi connectivity index (χ4v) is 1.71. The molecule has 0 spiro atoms. The van der Waals surface area contributed by atoms with Crippen LogP contribution in [0.2, 0.25) is 0 Å². The summed E-state index contributed by atoms with van der Waals surface area (Å²) in [5.41, 5.74) is 1.35. The number of aromatic nitrogens is 1. The molecule has 0 saturated carbocycles. The average Bonchev–Trinajstić information content (AvgIpc) is 2.46. The molecule has 1 aromatic heterocycles. The van der Waals surface area contributed by atoms with Gasteiger partial charge in [0.15, 0.2) is 0 Å². The van der Waals surface area contributed by atoms with Gasteiger partial charge in [0.2, 0.25) is 0 Å². The maximum atomic E-state index is 11.6. The minimum Gasteiger partial charge on any atom is -0.465 e. The van der Waals surface area contributed by atoms with Crippen molar-refractivity contribution < 1.29 is 14.5 Å². The van der Waals surface area contributed by atoms with Gasteiger partial charge in [0, 0.05) is 24.5 Å². The molecule has 0 bridgehead atoms. The van der Waals surface area contributed by atoms with Crippen molar-refractivity contribution in [2.45, 2.75) is 0 Å². The van der Waals surface area contributed by atoms with E-state index in [1.807, 2.05) is 0 Å². The highest BCUT2D eigenvalue weighted by atomic mass is 16.6. The first kappa shape index (κ1) is 12.7. The second-order valence-corrected chi connectivity index (χ2v) is 3.72. The highest BCUT2D eigenvalue weighted by Gasteiger charge is 2.15.